The zero-order valence-corrected chi connectivity index (χ0v) is 11.5. The van der Waals surface area contributed by atoms with Crippen molar-refractivity contribution >= 4 is 5.91 Å². The molecule has 1 aliphatic carbocycles. The standard InChI is InChI=1S/C14H27N3O/c1-2-8-16-12(14(15)18)10-17-9-7-11-5-3-4-6-13(11)17/h11-13,16H,2-10H2,1H3,(H2,15,18). The maximum atomic E-state index is 11.5. The fourth-order valence-electron chi connectivity index (χ4n) is 3.54. The molecular formula is C14H27N3O. The van der Waals surface area contributed by atoms with Gasteiger partial charge in [-0.1, -0.05) is 19.8 Å². The van der Waals surface area contributed by atoms with Gasteiger partial charge < -0.3 is 11.1 Å². The summed E-state index contributed by atoms with van der Waals surface area (Å²) in [4.78, 5) is 14.0. The first-order chi connectivity index (χ1) is 8.72. The molecule has 0 bridgehead atoms. The molecule has 0 aromatic carbocycles. The minimum Gasteiger partial charge on any atom is -0.368 e. The van der Waals surface area contributed by atoms with Gasteiger partial charge in [0.1, 0.15) is 0 Å². The van der Waals surface area contributed by atoms with E-state index in [1.54, 1.807) is 0 Å². The molecule has 2 aliphatic rings. The number of primary amides is 1. The maximum absolute atomic E-state index is 11.5. The van der Waals surface area contributed by atoms with E-state index in [1.807, 2.05) is 0 Å². The molecule has 2 rings (SSSR count). The molecule has 1 amide bonds. The van der Waals surface area contributed by atoms with Crippen molar-refractivity contribution in [1.29, 1.82) is 0 Å². The van der Waals surface area contributed by atoms with Gasteiger partial charge in [0, 0.05) is 12.6 Å². The van der Waals surface area contributed by atoms with Crippen molar-refractivity contribution in [3.63, 3.8) is 0 Å². The number of hydrogen-bond donors (Lipinski definition) is 2. The second-order valence-corrected chi connectivity index (χ2v) is 5.80. The lowest BCUT2D eigenvalue weighted by Crippen LogP contribution is -2.51. The number of carbonyl (C=O) groups excluding carboxylic acids is 1. The first-order valence-corrected chi connectivity index (χ1v) is 7.49. The molecule has 1 heterocycles. The summed E-state index contributed by atoms with van der Waals surface area (Å²) in [6.45, 7) is 4.93. The average molecular weight is 253 g/mol. The molecule has 0 aromatic heterocycles. The lowest BCUT2D eigenvalue weighted by molar-refractivity contribution is -0.120. The molecule has 2 fully saturated rings. The fourth-order valence-corrected chi connectivity index (χ4v) is 3.54. The Labute approximate surface area is 110 Å². The van der Waals surface area contributed by atoms with E-state index in [4.69, 9.17) is 5.73 Å². The van der Waals surface area contributed by atoms with Crippen LogP contribution in [0.4, 0.5) is 0 Å². The van der Waals surface area contributed by atoms with Crippen LogP contribution in [0.3, 0.4) is 0 Å². The summed E-state index contributed by atoms with van der Waals surface area (Å²) >= 11 is 0. The van der Waals surface area contributed by atoms with Crippen LogP contribution >= 0.6 is 0 Å². The first kappa shape index (κ1) is 13.8. The quantitative estimate of drug-likeness (QED) is 0.745. The number of carbonyl (C=O) groups is 1. The number of fused-ring (bicyclic) bond motifs is 1. The number of nitrogens with one attached hydrogen (secondary N) is 1. The molecule has 104 valence electrons. The lowest BCUT2D eigenvalue weighted by Gasteiger charge is -2.33. The maximum Gasteiger partial charge on any atom is 0.235 e. The summed E-state index contributed by atoms with van der Waals surface area (Å²) in [7, 11) is 0. The van der Waals surface area contributed by atoms with Crippen LogP contribution in [0.5, 0.6) is 0 Å². The molecule has 1 aliphatic heterocycles. The van der Waals surface area contributed by atoms with E-state index < -0.39 is 0 Å². The molecule has 1 saturated carbocycles. The van der Waals surface area contributed by atoms with Crippen molar-refractivity contribution < 1.29 is 4.79 Å². The summed E-state index contributed by atoms with van der Waals surface area (Å²) in [5.41, 5.74) is 5.50. The van der Waals surface area contributed by atoms with Crippen LogP contribution in [0.15, 0.2) is 0 Å². The number of hydrogen-bond acceptors (Lipinski definition) is 3. The van der Waals surface area contributed by atoms with Gasteiger partial charge in [-0.2, -0.15) is 0 Å². The van der Waals surface area contributed by atoms with Gasteiger partial charge in [-0.3, -0.25) is 9.69 Å². The SMILES string of the molecule is CCCNC(CN1CCC2CCCCC21)C(N)=O. The zero-order valence-electron chi connectivity index (χ0n) is 11.5. The Kier molecular flexibility index (Phi) is 5.01. The average Bonchev–Trinajstić information content (AvgIpc) is 2.77. The number of likely N-dealkylation sites (tertiary alicyclic amines) is 1. The van der Waals surface area contributed by atoms with E-state index in [9.17, 15) is 4.79 Å². The Morgan fingerprint density at radius 3 is 2.89 bits per heavy atom. The predicted molar refractivity (Wildman–Crippen MR) is 73.2 cm³/mol. The van der Waals surface area contributed by atoms with Gasteiger partial charge in [-0.15, -0.1) is 0 Å². The van der Waals surface area contributed by atoms with Crippen LogP contribution in [0.1, 0.15) is 45.4 Å². The van der Waals surface area contributed by atoms with Crippen LogP contribution in [-0.2, 0) is 4.79 Å². The molecule has 18 heavy (non-hydrogen) atoms. The summed E-state index contributed by atoms with van der Waals surface area (Å²) in [6, 6.07) is 0.537. The van der Waals surface area contributed by atoms with Crippen molar-refractivity contribution in [1.82, 2.24) is 10.2 Å². The van der Waals surface area contributed by atoms with Gasteiger partial charge in [0.15, 0.2) is 0 Å². The number of nitrogens with two attached hydrogens (primary N) is 1. The highest BCUT2D eigenvalue weighted by atomic mass is 16.1. The monoisotopic (exact) mass is 253 g/mol. The van der Waals surface area contributed by atoms with Crippen LogP contribution < -0.4 is 11.1 Å². The summed E-state index contributed by atoms with van der Waals surface area (Å²) < 4.78 is 0. The van der Waals surface area contributed by atoms with Gasteiger partial charge in [0.05, 0.1) is 6.04 Å². The lowest BCUT2D eigenvalue weighted by atomic mass is 9.85. The number of amides is 1. The van der Waals surface area contributed by atoms with Crippen molar-refractivity contribution in [3.8, 4) is 0 Å². The summed E-state index contributed by atoms with van der Waals surface area (Å²) in [6.07, 6.45) is 7.78. The molecule has 3 unspecified atom stereocenters. The topological polar surface area (TPSA) is 58.4 Å². The Bertz CT molecular complexity index is 282. The van der Waals surface area contributed by atoms with E-state index >= 15 is 0 Å². The summed E-state index contributed by atoms with van der Waals surface area (Å²) in [5, 5.41) is 3.28. The molecule has 4 nitrogen and oxygen atoms in total. The molecule has 1 saturated heterocycles. The first-order valence-electron chi connectivity index (χ1n) is 7.49. The van der Waals surface area contributed by atoms with Crippen LogP contribution in [0.25, 0.3) is 0 Å². The molecule has 3 atom stereocenters. The summed E-state index contributed by atoms with van der Waals surface area (Å²) in [5.74, 6) is 0.668. The van der Waals surface area contributed by atoms with Crippen LogP contribution in [0.2, 0.25) is 0 Å². The molecule has 4 heteroatoms. The minimum atomic E-state index is -0.206. The largest absolute Gasteiger partial charge is 0.368 e. The normalized spacial score (nSPS) is 30.1. The van der Waals surface area contributed by atoms with E-state index in [0.29, 0.717) is 6.04 Å². The van der Waals surface area contributed by atoms with Crippen molar-refractivity contribution in [2.45, 2.75) is 57.5 Å². The second-order valence-electron chi connectivity index (χ2n) is 5.80. The Morgan fingerprint density at radius 2 is 2.17 bits per heavy atom. The Balaban J connectivity index is 1.88. The third kappa shape index (κ3) is 3.23. The Hall–Kier alpha value is -0.610. The van der Waals surface area contributed by atoms with E-state index in [0.717, 1.165) is 32.0 Å². The van der Waals surface area contributed by atoms with Crippen LogP contribution in [-0.4, -0.2) is 42.5 Å². The predicted octanol–water partition coefficient (Wildman–Crippen LogP) is 1.10. The van der Waals surface area contributed by atoms with Gasteiger partial charge in [0.2, 0.25) is 5.91 Å². The van der Waals surface area contributed by atoms with Gasteiger partial charge in [-0.25, -0.2) is 0 Å². The van der Waals surface area contributed by atoms with Gasteiger partial charge in [-0.05, 0) is 44.7 Å². The highest BCUT2D eigenvalue weighted by molar-refractivity contribution is 5.80. The van der Waals surface area contributed by atoms with Crippen molar-refractivity contribution in [3.05, 3.63) is 0 Å². The van der Waals surface area contributed by atoms with Crippen molar-refractivity contribution in [2.75, 3.05) is 19.6 Å². The van der Waals surface area contributed by atoms with E-state index in [2.05, 4.69) is 17.1 Å². The molecule has 0 aromatic rings. The third-order valence-corrected chi connectivity index (χ3v) is 4.53. The zero-order chi connectivity index (χ0) is 13.0. The van der Waals surface area contributed by atoms with Crippen molar-refractivity contribution in [2.24, 2.45) is 11.7 Å². The van der Waals surface area contributed by atoms with E-state index in [1.165, 1.54) is 32.1 Å². The molecular weight excluding hydrogens is 226 g/mol. The van der Waals surface area contributed by atoms with Gasteiger partial charge >= 0.3 is 0 Å². The molecule has 3 N–H and O–H groups in total. The Morgan fingerprint density at radius 1 is 1.39 bits per heavy atom. The van der Waals surface area contributed by atoms with Crippen LogP contribution in [0, 0.1) is 5.92 Å². The minimum absolute atomic E-state index is 0.175. The number of nitrogens with zero attached hydrogens (tertiary/aromatic N) is 1. The van der Waals surface area contributed by atoms with E-state index in [-0.39, 0.29) is 11.9 Å². The number of rotatable bonds is 6. The highest BCUT2D eigenvalue weighted by Gasteiger charge is 2.36. The van der Waals surface area contributed by atoms with Gasteiger partial charge in [0.25, 0.3) is 0 Å². The third-order valence-electron chi connectivity index (χ3n) is 4.53. The molecule has 0 spiro atoms. The smallest absolute Gasteiger partial charge is 0.235 e. The fraction of sp³-hybridized carbons (Fsp3) is 0.929. The second kappa shape index (κ2) is 6.53. The molecule has 0 radical (unpaired) electrons. The highest BCUT2D eigenvalue weighted by Crippen LogP contribution is 2.35.